The second-order valence-corrected chi connectivity index (χ2v) is 7.42. The fourth-order valence-electron chi connectivity index (χ4n) is 3.76. The number of amidine groups is 1. The number of rotatable bonds is 3. The fourth-order valence-corrected chi connectivity index (χ4v) is 4.80. The van der Waals surface area contributed by atoms with E-state index in [1.54, 1.807) is 30.2 Å². The van der Waals surface area contributed by atoms with Gasteiger partial charge in [-0.25, -0.2) is 9.97 Å². The first-order chi connectivity index (χ1) is 12.2. The Morgan fingerprint density at radius 3 is 2.96 bits per heavy atom. The Hall–Kier alpha value is -2.41. The molecule has 25 heavy (non-hydrogen) atoms. The number of hydrogen-bond donors (Lipinski definition) is 2. The number of carbonyl (C=O) groups excluding carboxylic acids is 1. The van der Waals surface area contributed by atoms with Crippen molar-refractivity contribution >= 4 is 28.5 Å². The van der Waals surface area contributed by atoms with Crippen LogP contribution in [0.5, 0.6) is 0 Å². The summed E-state index contributed by atoms with van der Waals surface area (Å²) in [4.78, 5) is 25.1. The zero-order valence-electron chi connectivity index (χ0n) is 13.7. The van der Waals surface area contributed by atoms with Crippen LogP contribution in [0.15, 0.2) is 47.7 Å². The van der Waals surface area contributed by atoms with Gasteiger partial charge in [-0.05, 0) is 42.5 Å². The summed E-state index contributed by atoms with van der Waals surface area (Å²) in [5.74, 6) is 1.33. The predicted octanol–water partition coefficient (Wildman–Crippen LogP) is 2.79. The molecule has 0 bridgehead atoms. The number of nitrogens with two attached hydrogens (primary N) is 1. The summed E-state index contributed by atoms with van der Waals surface area (Å²) in [7, 11) is 0. The van der Waals surface area contributed by atoms with E-state index < -0.39 is 0 Å². The van der Waals surface area contributed by atoms with Crippen molar-refractivity contribution in [2.45, 2.75) is 24.8 Å². The van der Waals surface area contributed by atoms with Crippen LogP contribution < -0.4 is 11.1 Å². The number of benzene rings is 1. The molecule has 1 fully saturated rings. The van der Waals surface area contributed by atoms with Gasteiger partial charge in [-0.2, -0.15) is 0 Å². The van der Waals surface area contributed by atoms with E-state index in [2.05, 4.69) is 21.4 Å². The van der Waals surface area contributed by atoms with Gasteiger partial charge in [0.15, 0.2) is 5.17 Å². The summed E-state index contributed by atoms with van der Waals surface area (Å²) in [6, 6.07) is 9.59. The smallest absolute Gasteiger partial charge is 0.293 e. The molecule has 4 rings (SSSR count). The van der Waals surface area contributed by atoms with E-state index in [1.165, 1.54) is 0 Å². The minimum absolute atomic E-state index is 0.154. The molecule has 128 valence electrons. The second kappa shape index (κ2) is 6.48. The average molecular weight is 353 g/mol. The molecule has 7 heteroatoms. The Morgan fingerprint density at radius 1 is 1.28 bits per heavy atom. The molecule has 1 aliphatic heterocycles. The van der Waals surface area contributed by atoms with E-state index in [9.17, 15) is 4.79 Å². The van der Waals surface area contributed by atoms with Crippen LogP contribution in [-0.4, -0.2) is 26.8 Å². The maximum Gasteiger partial charge on any atom is 0.293 e. The zero-order valence-corrected chi connectivity index (χ0v) is 14.5. The highest BCUT2D eigenvalue weighted by Gasteiger charge is 2.46. The van der Waals surface area contributed by atoms with Gasteiger partial charge in [-0.1, -0.05) is 30.3 Å². The monoisotopic (exact) mass is 353 g/mol. The normalized spacial score (nSPS) is 25.1. The number of amides is 1. The molecule has 1 unspecified atom stereocenters. The first kappa shape index (κ1) is 16.1. The summed E-state index contributed by atoms with van der Waals surface area (Å²) in [5.41, 5.74) is 7.62. The molecule has 0 saturated heterocycles. The molecule has 2 heterocycles. The lowest BCUT2D eigenvalue weighted by molar-refractivity contribution is 0.101. The van der Waals surface area contributed by atoms with Crippen LogP contribution in [0.4, 0.5) is 5.69 Å². The van der Waals surface area contributed by atoms with Gasteiger partial charge in [0.05, 0.1) is 5.54 Å². The quantitative estimate of drug-likeness (QED) is 0.885. The fraction of sp³-hybridized carbons (Fsp3) is 0.333. The van der Waals surface area contributed by atoms with Crippen molar-refractivity contribution in [3.63, 3.8) is 0 Å². The first-order valence-electron chi connectivity index (χ1n) is 8.34. The van der Waals surface area contributed by atoms with Crippen LogP contribution in [-0.2, 0) is 5.54 Å². The number of anilines is 1. The Bertz CT molecular complexity index is 825. The topological polar surface area (TPSA) is 93.3 Å². The molecule has 0 spiro atoms. The van der Waals surface area contributed by atoms with E-state index in [-0.39, 0.29) is 17.3 Å². The van der Waals surface area contributed by atoms with Gasteiger partial charge in [0.2, 0.25) is 5.82 Å². The summed E-state index contributed by atoms with van der Waals surface area (Å²) in [5, 5.41) is 3.53. The maximum atomic E-state index is 12.3. The van der Waals surface area contributed by atoms with Crippen molar-refractivity contribution in [1.29, 1.82) is 0 Å². The van der Waals surface area contributed by atoms with Gasteiger partial charge in [0, 0.05) is 23.8 Å². The first-order valence-corrected chi connectivity index (χ1v) is 9.33. The Kier molecular flexibility index (Phi) is 4.17. The SMILES string of the molecule is NC1=N[C@@]2(c3cccc(NC(=O)c4ncccn4)c3)CCCC2CS1. The maximum absolute atomic E-state index is 12.3. The van der Waals surface area contributed by atoms with Crippen molar-refractivity contribution in [2.24, 2.45) is 16.6 Å². The number of aromatic nitrogens is 2. The van der Waals surface area contributed by atoms with Gasteiger partial charge >= 0.3 is 0 Å². The molecule has 6 nitrogen and oxygen atoms in total. The van der Waals surface area contributed by atoms with Crippen molar-refractivity contribution in [2.75, 3.05) is 11.1 Å². The minimum atomic E-state index is -0.319. The minimum Gasteiger partial charge on any atom is -0.379 e. The van der Waals surface area contributed by atoms with Crippen LogP contribution in [0.2, 0.25) is 0 Å². The van der Waals surface area contributed by atoms with Crippen molar-refractivity contribution in [3.05, 3.63) is 54.1 Å². The van der Waals surface area contributed by atoms with Gasteiger partial charge < -0.3 is 11.1 Å². The van der Waals surface area contributed by atoms with Crippen LogP contribution in [0, 0.1) is 5.92 Å². The summed E-state index contributed by atoms with van der Waals surface area (Å²) >= 11 is 1.64. The third-order valence-corrected chi connectivity index (χ3v) is 5.87. The highest BCUT2D eigenvalue weighted by molar-refractivity contribution is 8.13. The Balaban J connectivity index is 1.64. The molecule has 3 N–H and O–H groups in total. The number of carbonyl (C=O) groups is 1. The Morgan fingerprint density at radius 2 is 2.12 bits per heavy atom. The molecule has 1 aliphatic carbocycles. The lowest BCUT2D eigenvalue weighted by Gasteiger charge is -2.36. The molecule has 1 aromatic carbocycles. The predicted molar refractivity (Wildman–Crippen MR) is 99.5 cm³/mol. The van der Waals surface area contributed by atoms with Gasteiger partial charge in [0.25, 0.3) is 5.91 Å². The highest BCUT2D eigenvalue weighted by Crippen LogP contribution is 2.50. The van der Waals surface area contributed by atoms with Crippen molar-refractivity contribution in [1.82, 2.24) is 9.97 Å². The largest absolute Gasteiger partial charge is 0.379 e. The standard InChI is InChI=1S/C18H19N5OS/c19-17-23-18(7-2-5-13(18)11-25-17)12-4-1-6-14(10-12)22-16(24)15-20-8-3-9-21-15/h1,3-4,6,8-10,13H,2,5,7,11H2,(H2,19,23)(H,22,24)/t13?,18-/m1/s1. The van der Waals surface area contributed by atoms with Crippen LogP contribution in [0.25, 0.3) is 0 Å². The summed E-state index contributed by atoms with van der Waals surface area (Å²) in [6.45, 7) is 0. The Labute approximate surface area is 150 Å². The number of nitrogens with zero attached hydrogens (tertiary/aromatic N) is 3. The molecule has 1 saturated carbocycles. The van der Waals surface area contributed by atoms with Crippen molar-refractivity contribution in [3.8, 4) is 0 Å². The highest BCUT2D eigenvalue weighted by atomic mass is 32.2. The number of hydrogen-bond acceptors (Lipinski definition) is 6. The molecule has 1 amide bonds. The number of thioether (sulfide) groups is 1. The molecule has 1 aromatic heterocycles. The summed E-state index contributed by atoms with van der Waals surface area (Å²) in [6.07, 6.45) is 6.42. The number of nitrogens with one attached hydrogen (secondary N) is 1. The van der Waals surface area contributed by atoms with Crippen LogP contribution in [0.3, 0.4) is 0 Å². The van der Waals surface area contributed by atoms with E-state index >= 15 is 0 Å². The van der Waals surface area contributed by atoms with Gasteiger partial charge in [0.1, 0.15) is 0 Å². The lowest BCUT2D eigenvalue weighted by Crippen LogP contribution is -2.36. The van der Waals surface area contributed by atoms with Crippen LogP contribution in [0.1, 0.15) is 35.4 Å². The molecular formula is C18H19N5OS. The molecule has 2 aromatic rings. The van der Waals surface area contributed by atoms with Crippen molar-refractivity contribution < 1.29 is 4.79 Å². The molecule has 0 radical (unpaired) electrons. The van der Waals surface area contributed by atoms with E-state index in [4.69, 9.17) is 10.7 Å². The molecule has 2 aliphatic rings. The van der Waals surface area contributed by atoms with Gasteiger partial charge in [-0.15, -0.1) is 0 Å². The van der Waals surface area contributed by atoms with E-state index in [0.29, 0.717) is 11.1 Å². The lowest BCUT2D eigenvalue weighted by atomic mass is 9.81. The van der Waals surface area contributed by atoms with E-state index in [0.717, 1.165) is 36.3 Å². The second-order valence-electron chi connectivity index (χ2n) is 6.38. The number of fused-ring (bicyclic) bond motifs is 1. The zero-order chi connectivity index (χ0) is 17.3. The van der Waals surface area contributed by atoms with Crippen LogP contribution >= 0.6 is 11.8 Å². The number of aliphatic imine (C=N–C) groups is 1. The average Bonchev–Trinajstić information content (AvgIpc) is 3.07. The summed E-state index contributed by atoms with van der Waals surface area (Å²) < 4.78 is 0. The third kappa shape index (κ3) is 3.00. The van der Waals surface area contributed by atoms with Gasteiger partial charge in [-0.3, -0.25) is 9.79 Å². The molecular weight excluding hydrogens is 334 g/mol. The third-order valence-electron chi connectivity index (χ3n) is 4.92. The van der Waals surface area contributed by atoms with E-state index in [1.807, 2.05) is 18.2 Å². The molecule has 2 atom stereocenters.